The molecule has 0 atom stereocenters. The molecule has 2 nitrogen and oxygen atoms in total. The lowest BCUT2D eigenvalue weighted by Gasteiger charge is -2.09. The van der Waals surface area contributed by atoms with E-state index in [1.165, 1.54) is 18.9 Å². The summed E-state index contributed by atoms with van der Waals surface area (Å²) in [4.78, 5) is 0. The van der Waals surface area contributed by atoms with E-state index in [0.717, 1.165) is 12.3 Å². The number of nitrogen functional groups attached to an aromatic ring is 1. The molecule has 0 spiro atoms. The van der Waals surface area contributed by atoms with Crippen molar-refractivity contribution in [3.63, 3.8) is 0 Å². The Morgan fingerprint density at radius 2 is 2.20 bits per heavy atom. The van der Waals surface area contributed by atoms with Crippen molar-refractivity contribution in [1.82, 2.24) is 0 Å². The second kappa shape index (κ2) is 4.39. The van der Waals surface area contributed by atoms with E-state index in [1.54, 1.807) is 6.07 Å². The molecule has 82 valence electrons. The van der Waals surface area contributed by atoms with Crippen LogP contribution in [0.4, 0.5) is 10.1 Å². The fraction of sp³-hybridized carbons (Fsp3) is 0.455. The molecule has 0 radical (unpaired) electrons. The van der Waals surface area contributed by atoms with Crippen LogP contribution in [0.3, 0.4) is 0 Å². The monoisotopic (exact) mass is 273 g/mol. The van der Waals surface area contributed by atoms with Crippen LogP contribution in [0.2, 0.25) is 0 Å². The van der Waals surface area contributed by atoms with Crippen molar-refractivity contribution in [2.75, 3.05) is 12.3 Å². The van der Waals surface area contributed by atoms with Gasteiger partial charge in [-0.1, -0.05) is 12.8 Å². The van der Waals surface area contributed by atoms with Gasteiger partial charge in [-0.3, -0.25) is 0 Å². The number of ether oxygens (including phenoxy) is 1. The van der Waals surface area contributed by atoms with Crippen molar-refractivity contribution in [1.29, 1.82) is 0 Å². The molecule has 0 unspecified atom stereocenters. The summed E-state index contributed by atoms with van der Waals surface area (Å²) in [7, 11) is 0. The molecule has 0 heterocycles. The number of halogens is 2. The van der Waals surface area contributed by atoms with Crippen molar-refractivity contribution in [2.45, 2.75) is 19.3 Å². The van der Waals surface area contributed by atoms with E-state index >= 15 is 0 Å². The summed E-state index contributed by atoms with van der Waals surface area (Å²) in [5.41, 5.74) is 5.99. The Morgan fingerprint density at radius 3 is 2.87 bits per heavy atom. The van der Waals surface area contributed by atoms with Crippen LogP contribution in [0.25, 0.3) is 0 Å². The maximum Gasteiger partial charge on any atom is 0.143 e. The van der Waals surface area contributed by atoms with Gasteiger partial charge in [0.05, 0.1) is 16.8 Å². The lowest BCUT2D eigenvalue weighted by molar-refractivity contribution is 0.303. The van der Waals surface area contributed by atoms with Gasteiger partial charge in [-0.15, -0.1) is 0 Å². The maximum atomic E-state index is 13.0. The molecule has 2 rings (SSSR count). The summed E-state index contributed by atoms with van der Waals surface area (Å²) in [6.07, 6.45) is 3.69. The number of hydrogen-bond donors (Lipinski definition) is 1. The summed E-state index contributed by atoms with van der Waals surface area (Å²) in [6.45, 7) is 0.660. The SMILES string of the molecule is Nc1cc(F)c(Br)cc1OCCC1CC1. The Labute approximate surface area is 96.7 Å². The van der Waals surface area contributed by atoms with Gasteiger partial charge in [0.25, 0.3) is 0 Å². The minimum Gasteiger partial charge on any atom is -0.491 e. The van der Waals surface area contributed by atoms with Crippen LogP contribution in [0.15, 0.2) is 16.6 Å². The van der Waals surface area contributed by atoms with Gasteiger partial charge >= 0.3 is 0 Å². The third-order valence-electron chi connectivity index (χ3n) is 2.53. The van der Waals surface area contributed by atoms with Crippen LogP contribution in [-0.2, 0) is 0 Å². The standard InChI is InChI=1S/C11H13BrFNO/c12-8-5-11(10(14)6-9(8)13)15-4-3-7-1-2-7/h5-7H,1-4,14H2. The molecule has 4 heteroatoms. The molecular formula is C11H13BrFNO. The van der Waals surface area contributed by atoms with Gasteiger partial charge < -0.3 is 10.5 Å². The quantitative estimate of drug-likeness (QED) is 0.854. The van der Waals surface area contributed by atoms with Gasteiger partial charge in [-0.2, -0.15) is 0 Å². The van der Waals surface area contributed by atoms with E-state index < -0.39 is 0 Å². The molecule has 0 aliphatic heterocycles. The van der Waals surface area contributed by atoms with Gasteiger partial charge in [0.15, 0.2) is 0 Å². The second-order valence-electron chi connectivity index (χ2n) is 3.88. The van der Waals surface area contributed by atoms with Gasteiger partial charge in [-0.05, 0) is 34.3 Å². The third-order valence-corrected chi connectivity index (χ3v) is 3.14. The van der Waals surface area contributed by atoms with Crippen LogP contribution in [0.1, 0.15) is 19.3 Å². The molecular weight excluding hydrogens is 261 g/mol. The smallest absolute Gasteiger partial charge is 0.143 e. The highest BCUT2D eigenvalue weighted by molar-refractivity contribution is 9.10. The predicted octanol–water partition coefficient (Wildman–Crippen LogP) is 3.35. The molecule has 0 amide bonds. The summed E-state index contributed by atoms with van der Waals surface area (Å²) in [6, 6.07) is 2.86. The summed E-state index contributed by atoms with van der Waals surface area (Å²) < 4.78 is 18.9. The maximum absolute atomic E-state index is 13.0. The highest BCUT2D eigenvalue weighted by atomic mass is 79.9. The molecule has 15 heavy (non-hydrogen) atoms. The average Bonchev–Trinajstić information content (AvgIpc) is 2.97. The number of nitrogens with two attached hydrogens (primary N) is 1. The van der Waals surface area contributed by atoms with Gasteiger partial charge in [0, 0.05) is 6.07 Å². The van der Waals surface area contributed by atoms with Gasteiger partial charge in [0.1, 0.15) is 11.6 Å². The minimum absolute atomic E-state index is 0.353. The number of benzene rings is 1. The normalized spacial score (nSPS) is 15.3. The molecule has 0 saturated heterocycles. The van der Waals surface area contributed by atoms with Crippen molar-refractivity contribution < 1.29 is 9.13 Å². The zero-order chi connectivity index (χ0) is 10.8. The summed E-state index contributed by atoms with van der Waals surface area (Å²) >= 11 is 3.10. The molecule has 2 N–H and O–H groups in total. The minimum atomic E-state index is -0.359. The second-order valence-corrected chi connectivity index (χ2v) is 4.74. The number of anilines is 1. The van der Waals surface area contributed by atoms with E-state index in [1.807, 2.05) is 0 Å². The van der Waals surface area contributed by atoms with Crippen LogP contribution >= 0.6 is 15.9 Å². The summed E-state index contributed by atoms with van der Waals surface area (Å²) in [5, 5.41) is 0. The van der Waals surface area contributed by atoms with Crippen molar-refractivity contribution in [3.8, 4) is 5.75 Å². The average molecular weight is 274 g/mol. The van der Waals surface area contributed by atoms with E-state index in [4.69, 9.17) is 10.5 Å². The zero-order valence-electron chi connectivity index (χ0n) is 8.30. The highest BCUT2D eigenvalue weighted by Gasteiger charge is 2.20. The first-order chi connectivity index (χ1) is 7.16. The van der Waals surface area contributed by atoms with Crippen molar-refractivity contribution >= 4 is 21.6 Å². The van der Waals surface area contributed by atoms with E-state index in [-0.39, 0.29) is 5.82 Å². The molecule has 1 aliphatic carbocycles. The Hall–Kier alpha value is -0.770. The Kier molecular flexibility index (Phi) is 3.14. The largest absolute Gasteiger partial charge is 0.491 e. The topological polar surface area (TPSA) is 35.2 Å². The molecule has 0 bridgehead atoms. The Morgan fingerprint density at radius 1 is 1.47 bits per heavy atom. The molecule has 1 aromatic carbocycles. The molecule has 1 aromatic rings. The lowest BCUT2D eigenvalue weighted by Crippen LogP contribution is -2.01. The first-order valence-corrected chi connectivity index (χ1v) is 5.83. The molecule has 1 aliphatic rings. The highest BCUT2D eigenvalue weighted by Crippen LogP contribution is 2.33. The molecule has 1 saturated carbocycles. The Balaban J connectivity index is 1.96. The first-order valence-electron chi connectivity index (χ1n) is 5.04. The number of hydrogen-bond acceptors (Lipinski definition) is 2. The fourth-order valence-electron chi connectivity index (χ4n) is 1.41. The van der Waals surface area contributed by atoms with Crippen LogP contribution in [0, 0.1) is 11.7 Å². The van der Waals surface area contributed by atoms with Crippen LogP contribution < -0.4 is 10.5 Å². The molecule has 0 aromatic heterocycles. The predicted molar refractivity (Wildman–Crippen MR) is 61.3 cm³/mol. The number of rotatable bonds is 4. The van der Waals surface area contributed by atoms with Gasteiger partial charge in [-0.25, -0.2) is 4.39 Å². The van der Waals surface area contributed by atoms with Crippen molar-refractivity contribution in [3.05, 3.63) is 22.4 Å². The third kappa shape index (κ3) is 2.84. The van der Waals surface area contributed by atoms with Crippen LogP contribution in [0.5, 0.6) is 5.75 Å². The zero-order valence-corrected chi connectivity index (χ0v) is 9.89. The lowest BCUT2D eigenvalue weighted by atomic mass is 10.3. The summed E-state index contributed by atoms with van der Waals surface area (Å²) in [5.74, 6) is 1.03. The molecule has 1 fully saturated rings. The fourth-order valence-corrected chi connectivity index (χ4v) is 1.73. The first kappa shape index (κ1) is 10.7. The van der Waals surface area contributed by atoms with Gasteiger partial charge in [0.2, 0.25) is 0 Å². The van der Waals surface area contributed by atoms with E-state index in [9.17, 15) is 4.39 Å². The van der Waals surface area contributed by atoms with Crippen LogP contribution in [-0.4, -0.2) is 6.61 Å². The van der Waals surface area contributed by atoms with Crippen molar-refractivity contribution in [2.24, 2.45) is 5.92 Å². The Bertz CT molecular complexity index is 366. The van der Waals surface area contributed by atoms with E-state index in [0.29, 0.717) is 22.5 Å². The van der Waals surface area contributed by atoms with E-state index in [2.05, 4.69) is 15.9 Å².